The van der Waals surface area contributed by atoms with Gasteiger partial charge in [0.2, 0.25) is 0 Å². The lowest BCUT2D eigenvalue weighted by Gasteiger charge is -2.25. The van der Waals surface area contributed by atoms with Crippen LogP contribution in [0.1, 0.15) is 33.0 Å². The third-order valence-corrected chi connectivity index (χ3v) is 3.84. The largest absolute Gasteiger partial charge is 0.468 e. The number of ether oxygens (including phenoxy) is 1. The number of rotatable bonds is 6. The molecule has 0 saturated heterocycles. The molecule has 0 saturated carbocycles. The predicted octanol–water partition coefficient (Wildman–Crippen LogP) is 2.74. The van der Waals surface area contributed by atoms with E-state index in [0.717, 1.165) is 10.7 Å². The summed E-state index contributed by atoms with van der Waals surface area (Å²) in [6.07, 6.45) is 2.22. The Morgan fingerprint density at radius 3 is 2.83 bits per heavy atom. The first-order chi connectivity index (χ1) is 8.36. The lowest BCUT2D eigenvalue weighted by atomic mass is 9.98. The molecule has 0 bridgehead atoms. The molecule has 1 heterocycles. The van der Waals surface area contributed by atoms with Crippen molar-refractivity contribution in [1.82, 2.24) is 0 Å². The zero-order valence-corrected chi connectivity index (χ0v) is 12.2. The van der Waals surface area contributed by atoms with Gasteiger partial charge < -0.3 is 14.9 Å². The van der Waals surface area contributed by atoms with Crippen molar-refractivity contribution in [3.63, 3.8) is 0 Å². The minimum atomic E-state index is -0.944. The number of hydrogen-bond donors (Lipinski definition) is 1. The Morgan fingerprint density at radius 2 is 2.33 bits per heavy atom. The molecule has 2 atom stereocenters. The van der Waals surface area contributed by atoms with E-state index >= 15 is 0 Å². The zero-order valence-electron chi connectivity index (χ0n) is 11.4. The second-order valence-corrected chi connectivity index (χ2v) is 6.09. The molecule has 2 N–H and O–H groups in total. The Kier molecular flexibility index (Phi) is 5.28. The average molecular weight is 271 g/mol. The van der Waals surface area contributed by atoms with Crippen molar-refractivity contribution in [2.45, 2.75) is 49.8 Å². The molecule has 0 aliphatic heterocycles. The van der Waals surface area contributed by atoms with Crippen LogP contribution in [0.2, 0.25) is 0 Å². The number of carbonyl (C=O) groups is 1. The highest BCUT2D eigenvalue weighted by molar-refractivity contribution is 8.00. The van der Waals surface area contributed by atoms with Gasteiger partial charge in [0.25, 0.3) is 0 Å². The molecule has 0 aliphatic carbocycles. The maximum absolute atomic E-state index is 11.7. The van der Waals surface area contributed by atoms with Gasteiger partial charge in [-0.15, -0.1) is 11.8 Å². The summed E-state index contributed by atoms with van der Waals surface area (Å²) in [4.78, 5) is 12.8. The van der Waals surface area contributed by atoms with Crippen molar-refractivity contribution < 1.29 is 13.9 Å². The molecule has 0 spiro atoms. The minimum absolute atomic E-state index is 0.209. The van der Waals surface area contributed by atoms with Crippen molar-refractivity contribution in [2.24, 2.45) is 5.73 Å². The van der Waals surface area contributed by atoms with E-state index < -0.39 is 5.54 Å². The number of furan rings is 1. The molecule has 0 aliphatic rings. The van der Waals surface area contributed by atoms with Crippen molar-refractivity contribution >= 4 is 17.7 Å². The smallest absolute Gasteiger partial charge is 0.325 e. The summed E-state index contributed by atoms with van der Waals surface area (Å²) in [5, 5.41) is 0.209. The molecular formula is C13H21NO3S. The molecule has 1 rings (SSSR count). The first-order valence-corrected chi connectivity index (χ1v) is 6.91. The summed E-state index contributed by atoms with van der Waals surface area (Å²) in [6.45, 7) is 7.81. The highest BCUT2D eigenvalue weighted by Gasteiger charge is 2.32. The molecular weight excluding hydrogens is 250 g/mol. The van der Waals surface area contributed by atoms with Crippen LogP contribution in [0, 0.1) is 6.92 Å². The van der Waals surface area contributed by atoms with Crippen molar-refractivity contribution in [3.8, 4) is 0 Å². The van der Waals surface area contributed by atoms with Crippen LogP contribution in [0.25, 0.3) is 0 Å². The van der Waals surface area contributed by atoms with E-state index in [1.165, 1.54) is 0 Å². The van der Waals surface area contributed by atoms with Gasteiger partial charge in [-0.3, -0.25) is 4.79 Å². The highest BCUT2D eigenvalue weighted by Crippen LogP contribution is 2.31. The lowest BCUT2D eigenvalue weighted by molar-refractivity contribution is -0.149. The predicted molar refractivity (Wildman–Crippen MR) is 72.6 cm³/mol. The average Bonchev–Trinajstić information content (AvgIpc) is 2.63. The molecule has 4 nitrogen and oxygen atoms in total. The van der Waals surface area contributed by atoms with E-state index in [1.54, 1.807) is 31.9 Å². The second-order valence-electron chi connectivity index (χ2n) is 4.61. The zero-order chi connectivity index (χ0) is 13.8. The number of esters is 1. The maximum Gasteiger partial charge on any atom is 0.325 e. The van der Waals surface area contributed by atoms with Gasteiger partial charge in [-0.1, -0.05) is 6.92 Å². The van der Waals surface area contributed by atoms with Gasteiger partial charge in [0.1, 0.15) is 11.3 Å². The highest BCUT2D eigenvalue weighted by atomic mass is 32.2. The van der Waals surface area contributed by atoms with Crippen LogP contribution >= 0.6 is 11.8 Å². The van der Waals surface area contributed by atoms with Crippen LogP contribution in [0.15, 0.2) is 21.6 Å². The molecule has 102 valence electrons. The van der Waals surface area contributed by atoms with Gasteiger partial charge in [0, 0.05) is 10.1 Å². The summed E-state index contributed by atoms with van der Waals surface area (Å²) in [5.41, 5.74) is 5.06. The summed E-state index contributed by atoms with van der Waals surface area (Å²) in [6, 6.07) is 1.93. The Morgan fingerprint density at radius 1 is 1.67 bits per heavy atom. The Hall–Kier alpha value is -0.940. The van der Waals surface area contributed by atoms with Crippen molar-refractivity contribution in [2.75, 3.05) is 6.61 Å². The van der Waals surface area contributed by atoms with Crippen molar-refractivity contribution in [3.05, 3.63) is 18.1 Å². The molecule has 0 amide bonds. The number of aryl methyl sites for hydroxylation is 1. The molecule has 18 heavy (non-hydrogen) atoms. The summed E-state index contributed by atoms with van der Waals surface area (Å²) in [7, 11) is 0. The fourth-order valence-electron chi connectivity index (χ4n) is 1.73. The van der Waals surface area contributed by atoms with E-state index in [4.69, 9.17) is 14.9 Å². The molecule has 1 aromatic rings. The Bertz CT molecular complexity index is 401. The monoisotopic (exact) mass is 271 g/mol. The van der Waals surface area contributed by atoms with E-state index in [0.29, 0.717) is 13.0 Å². The minimum Gasteiger partial charge on any atom is -0.468 e. The number of hydrogen-bond acceptors (Lipinski definition) is 5. The van der Waals surface area contributed by atoms with Gasteiger partial charge in [-0.05, 0) is 33.3 Å². The van der Waals surface area contributed by atoms with Crippen LogP contribution < -0.4 is 5.73 Å². The molecule has 0 radical (unpaired) electrons. The molecule has 2 unspecified atom stereocenters. The summed E-state index contributed by atoms with van der Waals surface area (Å²) in [5.74, 6) is 0.545. The number of thioether (sulfide) groups is 1. The SMILES string of the molecule is CCOC(=O)C(C)(N)CC(C)Sc1ccoc1C. The summed E-state index contributed by atoms with van der Waals surface area (Å²) >= 11 is 1.66. The molecule has 5 heteroatoms. The van der Waals surface area contributed by atoms with E-state index in [-0.39, 0.29) is 11.2 Å². The molecule has 0 aromatic carbocycles. The summed E-state index contributed by atoms with van der Waals surface area (Å²) < 4.78 is 10.2. The first-order valence-electron chi connectivity index (χ1n) is 6.03. The third kappa shape index (κ3) is 4.07. The van der Waals surface area contributed by atoms with Crippen LogP contribution in [0.3, 0.4) is 0 Å². The second kappa shape index (κ2) is 6.29. The quantitative estimate of drug-likeness (QED) is 0.636. The van der Waals surface area contributed by atoms with Gasteiger partial charge >= 0.3 is 5.97 Å². The number of nitrogens with two attached hydrogens (primary N) is 1. The van der Waals surface area contributed by atoms with Gasteiger partial charge in [0.15, 0.2) is 0 Å². The van der Waals surface area contributed by atoms with Crippen molar-refractivity contribution in [1.29, 1.82) is 0 Å². The normalized spacial score (nSPS) is 16.1. The number of carbonyl (C=O) groups excluding carboxylic acids is 1. The first kappa shape index (κ1) is 15.1. The fourth-order valence-corrected chi connectivity index (χ4v) is 2.94. The molecule has 1 aromatic heterocycles. The maximum atomic E-state index is 11.7. The Labute approximate surface area is 112 Å². The van der Waals surface area contributed by atoms with Crippen LogP contribution in [-0.2, 0) is 9.53 Å². The van der Waals surface area contributed by atoms with E-state index in [1.807, 2.05) is 19.9 Å². The van der Waals surface area contributed by atoms with Crippen LogP contribution in [0.5, 0.6) is 0 Å². The van der Waals surface area contributed by atoms with Crippen LogP contribution in [-0.4, -0.2) is 23.4 Å². The van der Waals surface area contributed by atoms with Gasteiger partial charge in [-0.25, -0.2) is 0 Å². The third-order valence-electron chi connectivity index (χ3n) is 2.59. The van der Waals surface area contributed by atoms with E-state index in [2.05, 4.69) is 0 Å². The lowest BCUT2D eigenvalue weighted by Crippen LogP contribution is -2.47. The van der Waals surface area contributed by atoms with Gasteiger partial charge in [0.05, 0.1) is 12.9 Å². The standard InChI is InChI=1S/C13H21NO3S/c1-5-16-12(15)13(4,14)8-9(2)18-11-6-7-17-10(11)3/h6-7,9H,5,8,14H2,1-4H3. The van der Waals surface area contributed by atoms with Crippen LogP contribution in [0.4, 0.5) is 0 Å². The Balaban J connectivity index is 2.56. The molecule has 0 fully saturated rings. The fraction of sp³-hybridized carbons (Fsp3) is 0.615. The van der Waals surface area contributed by atoms with Gasteiger partial charge in [-0.2, -0.15) is 0 Å². The van der Waals surface area contributed by atoms with E-state index in [9.17, 15) is 4.79 Å². The topological polar surface area (TPSA) is 65.5 Å².